The smallest absolute Gasteiger partial charge is 0.328 e. The molecule has 0 aromatic heterocycles. The minimum Gasteiger partial charge on any atom is -0.467 e. The molecule has 0 saturated carbocycles. The Bertz CT molecular complexity index is 684. The summed E-state index contributed by atoms with van der Waals surface area (Å²) in [5.74, 6) is -1.11. The van der Waals surface area contributed by atoms with Crippen LogP contribution in [-0.2, 0) is 19.3 Å². The van der Waals surface area contributed by atoms with Gasteiger partial charge in [-0.25, -0.2) is 4.79 Å². The molecule has 0 aliphatic rings. The van der Waals surface area contributed by atoms with Crippen LogP contribution in [0.3, 0.4) is 0 Å². The largest absolute Gasteiger partial charge is 0.467 e. The summed E-state index contributed by atoms with van der Waals surface area (Å²) in [6, 6.07) is 5.67. The van der Waals surface area contributed by atoms with E-state index in [0.717, 1.165) is 4.47 Å². The van der Waals surface area contributed by atoms with Gasteiger partial charge in [0, 0.05) is 37.2 Å². The van der Waals surface area contributed by atoms with Crippen LogP contribution in [0, 0.1) is 10.2 Å². The Balaban J connectivity index is 3.05. The Morgan fingerprint density at radius 3 is 2.30 bits per heavy atom. The summed E-state index contributed by atoms with van der Waals surface area (Å²) in [5, 5.41) is 2.63. The molecular weight excluding hydrogens is 384 g/mol. The second kappa shape index (κ2) is 7.44. The third-order valence-electron chi connectivity index (χ3n) is 3.25. The summed E-state index contributed by atoms with van der Waals surface area (Å²) < 4.78 is 25.0. The maximum absolute atomic E-state index is 12.3. The van der Waals surface area contributed by atoms with Gasteiger partial charge in [-0.3, -0.25) is 13.8 Å². The van der Waals surface area contributed by atoms with Crippen LogP contribution in [0.15, 0.2) is 28.7 Å². The molecule has 1 aromatic rings. The van der Waals surface area contributed by atoms with Crippen LogP contribution in [0.4, 0.5) is 0 Å². The molecule has 1 aromatic carbocycles. The van der Waals surface area contributed by atoms with Crippen molar-refractivity contribution in [1.29, 1.82) is 4.78 Å². The minimum absolute atomic E-state index is 0.0413. The zero-order valence-electron chi connectivity index (χ0n) is 13.5. The van der Waals surface area contributed by atoms with Gasteiger partial charge in [-0.05, 0) is 24.3 Å². The van der Waals surface area contributed by atoms with E-state index in [0.29, 0.717) is 5.56 Å². The van der Waals surface area contributed by atoms with E-state index in [1.807, 2.05) is 0 Å². The van der Waals surface area contributed by atoms with E-state index >= 15 is 0 Å². The van der Waals surface area contributed by atoms with Crippen molar-refractivity contribution in [2.75, 3.05) is 19.1 Å². The van der Waals surface area contributed by atoms with E-state index < -0.39 is 33.1 Å². The molecule has 0 saturated heterocycles. The number of benzene rings is 1. The van der Waals surface area contributed by atoms with Crippen molar-refractivity contribution < 1.29 is 18.5 Å². The molecule has 0 heterocycles. The molecule has 0 aliphatic heterocycles. The molecular formula is C15H21BrN2O4S. The van der Waals surface area contributed by atoms with Crippen LogP contribution in [0.5, 0.6) is 0 Å². The van der Waals surface area contributed by atoms with E-state index in [-0.39, 0.29) is 5.75 Å². The molecule has 128 valence electrons. The molecule has 2 N–H and O–H groups in total. The van der Waals surface area contributed by atoms with E-state index in [1.54, 1.807) is 38.1 Å². The maximum Gasteiger partial charge on any atom is 0.328 e. The van der Waals surface area contributed by atoms with Gasteiger partial charge in [-0.1, -0.05) is 29.8 Å². The van der Waals surface area contributed by atoms with Gasteiger partial charge in [0.2, 0.25) is 0 Å². The van der Waals surface area contributed by atoms with E-state index in [9.17, 15) is 13.8 Å². The third-order valence-corrected chi connectivity index (χ3v) is 5.07. The average molecular weight is 405 g/mol. The fourth-order valence-electron chi connectivity index (χ4n) is 2.30. The summed E-state index contributed by atoms with van der Waals surface area (Å²) in [6.07, 6.45) is 1.31. The summed E-state index contributed by atoms with van der Waals surface area (Å²) >= 11 is 3.29. The first-order chi connectivity index (χ1) is 10.5. The van der Waals surface area contributed by atoms with Gasteiger partial charge in [-0.2, -0.15) is 0 Å². The number of carbonyl (C=O) groups is 2. The first kappa shape index (κ1) is 19.6. The number of carbonyl (C=O) groups excluding carboxylic acids is 2. The lowest BCUT2D eigenvalue weighted by molar-refractivity contribution is -0.145. The first-order valence-corrected chi connectivity index (χ1v) is 9.75. The molecule has 0 bridgehead atoms. The molecule has 0 spiro atoms. The molecule has 0 radical (unpaired) electrons. The molecule has 23 heavy (non-hydrogen) atoms. The number of hydrogen-bond donors (Lipinski definition) is 2. The molecule has 1 rings (SSSR count). The predicted molar refractivity (Wildman–Crippen MR) is 92.8 cm³/mol. The van der Waals surface area contributed by atoms with Crippen LogP contribution in [0.25, 0.3) is 0 Å². The van der Waals surface area contributed by atoms with Crippen molar-refractivity contribution in [2.24, 2.45) is 5.41 Å². The lowest BCUT2D eigenvalue weighted by Crippen LogP contribution is -2.53. The number of halogens is 1. The molecule has 0 aliphatic carbocycles. The second-order valence-corrected chi connectivity index (χ2v) is 9.29. The van der Waals surface area contributed by atoms with E-state index in [1.165, 1.54) is 13.4 Å². The minimum atomic E-state index is -2.84. The van der Waals surface area contributed by atoms with Gasteiger partial charge in [-0.15, -0.1) is 0 Å². The SMILES string of the molecule is COC(=O)[C@@H](NC(=O)c1ccc(Br)cc1)C(C)(C)C[S@](C)(=N)=O. The van der Waals surface area contributed by atoms with Crippen LogP contribution in [0.1, 0.15) is 24.2 Å². The third kappa shape index (κ3) is 5.95. The Hall–Kier alpha value is -1.41. The molecule has 6 nitrogen and oxygen atoms in total. The number of methoxy groups -OCH3 is 1. The second-order valence-electron chi connectivity index (χ2n) is 6.07. The van der Waals surface area contributed by atoms with Gasteiger partial charge in [0.1, 0.15) is 6.04 Å². The number of amides is 1. The van der Waals surface area contributed by atoms with Crippen molar-refractivity contribution in [2.45, 2.75) is 19.9 Å². The van der Waals surface area contributed by atoms with Crippen LogP contribution in [0.2, 0.25) is 0 Å². The highest BCUT2D eigenvalue weighted by Gasteiger charge is 2.39. The highest BCUT2D eigenvalue weighted by Crippen LogP contribution is 2.25. The quantitative estimate of drug-likeness (QED) is 0.711. The highest BCUT2D eigenvalue weighted by atomic mass is 79.9. The number of rotatable bonds is 6. The van der Waals surface area contributed by atoms with E-state index in [2.05, 4.69) is 21.2 Å². The molecule has 0 fully saturated rings. The van der Waals surface area contributed by atoms with Crippen molar-refractivity contribution in [3.63, 3.8) is 0 Å². The topological polar surface area (TPSA) is 96.3 Å². The Morgan fingerprint density at radius 2 is 1.87 bits per heavy atom. The van der Waals surface area contributed by atoms with Crippen LogP contribution < -0.4 is 5.32 Å². The van der Waals surface area contributed by atoms with Gasteiger partial charge < -0.3 is 10.1 Å². The first-order valence-electron chi connectivity index (χ1n) is 6.82. The van der Waals surface area contributed by atoms with Crippen molar-refractivity contribution in [3.05, 3.63) is 34.3 Å². The lowest BCUT2D eigenvalue weighted by atomic mass is 9.86. The van der Waals surface area contributed by atoms with Crippen molar-refractivity contribution in [3.8, 4) is 0 Å². The fourth-order valence-corrected chi connectivity index (χ4v) is 4.15. The Kier molecular flexibility index (Phi) is 6.35. The zero-order valence-corrected chi connectivity index (χ0v) is 15.9. The number of nitrogens with one attached hydrogen (secondary N) is 2. The normalized spacial score (nSPS) is 15.3. The summed E-state index contributed by atoms with van der Waals surface area (Å²) in [6.45, 7) is 3.35. The number of ether oxygens (including phenoxy) is 1. The molecule has 0 unspecified atom stereocenters. The monoisotopic (exact) mass is 404 g/mol. The maximum atomic E-state index is 12.3. The van der Waals surface area contributed by atoms with Gasteiger partial charge >= 0.3 is 5.97 Å². The van der Waals surface area contributed by atoms with E-state index in [4.69, 9.17) is 9.52 Å². The molecule has 2 atom stereocenters. The average Bonchev–Trinajstić information content (AvgIpc) is 2.41. The van der Waals surface area contributed by atoms with Gasteiger partial charge in [0.05, 0.1) is 7.11 Å². The molecule has 1 amide bonds. The zero-order chi connectivity index (χ0) is 17.8. The number of esters is 1. The fraction of sp³-hybridized carbons (Fsp3) is 0.467. The summed E-state index contributed by atoms with van der Waals surface area (Å²) in [4.78, 5) is 24.4. The lowest BCUT2D eigenvalue weighted by Gasteiger charge is -2.32. The van der Waals surface area contributed by atoms with Crippen molar-refractivity contribution >= 4 is 37.5 Å². The standard InChI is InChI=1S/C15H21BrN2O4S/c1-15(2,9-23(4,17)21)12(14(20)22-3)18-13(19)10-5-7-11(16)8-6-10/h5-8,12,17H,9H2,1-4H3,(H,18,19)/t12-,23-/m1/s1. The Labute approximate surface area is 145 Å². The molecule has 8 heteroatoms. The predicted octanol–water partition coefficient (Wildman–Crippen LogP) is 2.42. The summed E-state index contributed by atoms with van der Waals surface area (Å²) in [7, 11) is -1.62. The Morgan fingerprint density at radius 1 is 1.35 bits per heavy atom. The van der Waals surface area contributed by atoms with Crippen molar-refractivity contribution in [1.82, 2.24) is 5.32 Å². The highest BCUT2D eigenvalue weighted by molar-refractivity contribution is 9.10. The van der Waals surface area contributed by atoms with Crippen LogP contribution in [-0.4, -0.2) is 41.2 Å². The van der Waals surface area contributed by atoms with Crippen LogP contribution >= 0.6 is 15.9 Å². The van der Waals surface area contributed by atoms with Gasteiger partial charge in [0.15, 0.2) is 0 Å². The van der Waals surface area contributed by atoms with Gasteiger partial charge in [0.25, 0.3) is 5.91 Å². The summed E-state index contributed by atoms with van der Waals surface area (Å²) in [5.41, 5.74) is -0.507. The number of hydrogen-bond acceptors (Lipinski definition) is 5.